The second kappa shape index (κ2) is 8.15. The Morgan fingerprint density at radius 2 is 1.96 bits per heavy atom. The maximum absolute atomic E-state index is 12.6. The summed E-state index contributed by atoms with van der Waals surface area (Å²) in [4.78, 5) is 14.9. The van der Waals surface area contributed by atoms with Gasteiger partial charge in [-0.15, -0.1) is 0 Å². The Morgan fingerprint density at radius 3 is 2.75 bits per heavy atom. The van der Waals surface area contributed by atoms with E-state index in [4.69, 9.17) is 11.6 Å². The van der Waals surface area contributed by atoms with Gasteiger partial charge in [0.1, 0.15) is 0 Å². The molecule has 1 saturated heterocycles. The smallest absolute Gasteiger partial charge is 0.228 e. The van der Waals surface area contributed by atoms with Crippen molar-refractivity contribution in [2.45, 2.75) is 19.4 Å². The first-order valence-electron chi connectivity index (χ1n) is 8.14. The van der Waals surface area contributed by atoms with Crippen molar-refractivity contribution in [3.63, 3.8) is 0 Å². The number of nitrogens with zero attached hydrogens (tertiary/aromatic N) is 1. The lowest BCUT2D eigenvalue weighted by molar-refractivity contribution is -0.121. The third kappa shape index (κ3) is 4.38. The molecule has 1 amide bonds. The molecule has 3 nitrogen and oxygen atoms in total. The molecule has 1 fully saturated rings. The SMILES string of the molecule is O=C(Nc1ccccc1Br)[C@H]1CCCN(Cc2ccccc2Cl)C1. The maximum Gasteiger partial charge on any atom is 0.228 e. The number of carbonyl (C=O) groups excluding carboxylic acids is 1. The van der Waals surface area contributed by atoms with Crippen LogP contribution in [0.5, 0.6) is 0 Å². The van der Waals surface area contributed by atoms with Gasteiger partial charge in [-0.05, 0) is 59.1 Å². The van der Waals surface area contributed by atoms with Crippen molar-refractivity contribution in [2.24, 2.45) is 5.92 Å². The summed E-state index contributed by atoms with van der Waals surface area (Å²) in [5.41, 5.74) is 1.94. The average Bonchev–Trinajstić information content (AvgIpc) is 2.59. The van der Waals surface area contributed by atoms with Crippen molar-refractivity contribution in [1.82, 2.24) is 4.90 Å². The zero-order valence-electron chi connectivity index (χ0n) is 13.3. The van der Waals surface area contributed by atoms with Gasteiger partial charge in [-0.3, -0.25) is 9.69 Å². The van der Waals surface area contributed by atoms with Gasteiger partial charge in [0.2, 0.25) is 5.91 Å². The van der Waals surface area contributed by atoms with Crippen LogP contribution in [-0.2, 0) is 11.3 Å². The predicted molar refractivity (Wildman–Crippen MR) is 102 cm³/mol. The second-order valence-corrected chi connectivity index (χ2v) is 7.40. The number of likely N-dealkylation sites (tertiary alicyclic amines) is 1. The number of anilines is 1. The topological polar surface area (TPSA) is 32.3 Å². The predicted octanol–water partition coefficient (Wildman–Crippen LogP) is 4.95. The lowest BCUT2D eigenvalue weighted by Gasteiger charge is -2.32. The third-order valence-corrected chi connectivity index (χ3v) is 5.42. The fourth-order valence-electron chi connectivity index (χ4n) is 3.08. The van der Waals surface area contributed by atoms with Gasteiger partial charge in [-0.1, -0.05) is 41.9 Å². The summed E-state index contributed by atoms with van der Waals surface area (Å²) < 4.78 is 0.905. The Kier molecular flexibility index (Phi) is 5.93. The molecule has 3 rings (SSSR count). The van der Waals surface area contributed by atoms with Gasteiger partial charge in [-0.25, -0.2) is 0 Å². The number of carbonyl (C=O) groups is 1. The summed E-state index contributed by atoms with van der Waals surface area (Å²) >= 11 is 9.73. The largest absolute Gasteiger partial charge is 0.325 e. The van der Waals surface area contributed by atoms with Crippen LogP contribution in [0.15, 0.2) is 53.0 Å². The minimum atomic E-state index is 0.00773. The van der Waals surface area contributed by atoms with Gasteiger partial charge in [0.05, 0.1) is 11.6 Å². The van der Waals surface area contributed by atoms with Gasteiger partial charge < -0.3 is 5.32 Å². The highest BCUT2D eigenvalue weighted by atomic mass is 79.9. The Labute approximate surface area is 156 Å². The minimum Gasteiger partial charge on any atom is -0.325 e. The van der Waals surface area contributed by atoms with Crippen LogP contribution in [0.1, 0.15) is 18.4 Å². The normalized spacial score (nSPS) is 18.3. The second-order valence-electron chi connectivity index (χ2n) is 6.13. The molecule has 0 aromatic heterocycles. The van der Waals surface area contributed by atoms with Gasteiger partial charge in [0.25, 0.3) is 0 Å². The Morgan fingerprint density at radius 1 is 1.21 bits per heavy atom. The van der Waals surface area contributed by atoms with Crippen LogP contribution < -0.4 is 5.32 Å². The van der Waals surface area contributed by atoms with Crippen molar-refractivity contribution >= 4 is 39.1 Å². The number of nitrogens with one attached hydrogen (secondary N) is 1. The van der Waals surface area contributed by atoms with Gasteiger partial charge in [0.15, 0.2) is 0 Å². The lowest BCUT2D eigenvalue weighted by atomic mass is 9.96. The molecule has 0 saturated carbocycles. The first kappa shape index (κ1) is 17.5. The van der Waals surface area contributed by atoms with Crippen LogP contribution in [-0.4, -0.2) is 23.9 Å². The number of hydrogen-bond donors (Lipinski definition) is 1. The number of benzene rings is 2. The molecule has 0 aliphatic carbocycles. The Bertz CT molecular complexity index is 722. The quantitative estimate of drug-likeness (QED) is 0.777. The molecule has 0 spiro atoms. The molecule has 2 aromatic rings. The highest BCUT2D eigenvalue weighted by molar-refractivity contribution is 9.10. The molecule has 5 heteroatoms. The average molecular weight is 408 g/mol. The van der Waals surface area contributed by atoms with Gasteiger partial charge in [0, 0.05) is 22.6 Å². The van der Waals surface area contributed by atoms with Crippen LogP contribution in [0.4, 0.5) is 5.69 Å². The Balaban J connectivity index is 1.62. The standard InChI is InChI=1S/C19H20BrClN2O/c20-16-8-2-4-10-18(16)22-19(24)15-7-5-11-23(13-15)12-14-6-1-3-9-17(14)21/h1-4,6,8-10,15H,5,7,11-13H2,(H,22,24)/t15-/m0/s1. The molecule has 1 N–H and O–H groups in total. The van der Waals surface area contributed by atoms with Crippen LogP contribution >= 0.6 is 27.5 Å². The zero-order chi connectivity index (χ0) is 16.9. The molecule has 126 valence electrons. The van der Waals surface area contributed by atoms with E-state index in [1.54, 1.807) is 0 Å². The molecule has 0 radical (unpaired) electrons. The van der Waals surface area contributed by atoms with Crippen LogP contribution in [0.25, 0.3) is 0 Å². The van der Waals surface area contributed by atoms with Crippen molar-refractivity contribution in [1.29, 1.82) is 0 Å². The number of amides is 1. The third-order valence-electron chi connectivity index (χ3n) is 4.36. The van der Waals surface area contributed by atoms with E-state index < -0.39 is 0 Å². The number of hydrogen-bond acceptors (Lipinski definition) is 2. The first-order valence-corrected chi connectivity index (χ1v) is 9.32. The van der Waals surface area contributed by atoms with Crippen molar-refractivity contribution in [3.8, 4) is 0 Å². The first-order chi connectivity index (χ1) is 11.6. The van der Waals surface area contributed by atoms with E-state index in [0.29, 0.717) is 0 Å². The summed E-state index contributed by atoms with van der Waals surface area (Å²) in [7, 11) is 0. The lowest BCUT2D eigenvalue weighted by Crippen LogP contribution is -2.40. The van der Waals surface area contributed by atoms with Crippen molar-refractivity contribution in [2.75, 3.05) is 18.4 Å². The highest BCUT2D eigenvalue weighted by Gasteiger charge is 2.26. The monoisotopic (exact) mass is 406 g/mol. The van der Waals surface area contributed by atoms with E-state index in [2.05, 4.69) is 26.1 Å². The summed E-state index contributed by atoms with van der Waals surface area (Å²) in [6.45, 7) is 2.56. The minimum absolute atomic E-state index is 0.00773. The number of rotatable bonds is 4. The van der Waals surface area contributed by atoms with Crippen molar-refractivity contribution < 1.29 is 4.79 Å². The number of para-hydroxylation sites is 1. The molecule has 1 heterocycles. The zero-order valence-corrected chi connectivity index (χ0v) is 15.7. The summed E-state index contributed by atoms with van der Waals surface area (Å²) in [6, 6.07) is 15.6. The van der Waals surface area contributed by atoms with E-state index in [1.807, 2.05) is 48.5 Å². The molecule has 0 bridgehead atoms. The van der Waals surface area contributed by atoms with Crippen LogP contribution in [0.2, 0.25) is 5.02 Å². The molecule has 24 heavy (non-hydrogen) atoms. The Hall–Kier alpha value is -1.36. The fraction of sp³-hybridized carbons (Fsp3) is 0.316. The maximum atomic E-state index is 12.6. The van der Waals surface area contributed by atoms with Crippen LogP contribution in [0, 0.1) is 5.92 Å². The molecular formula is C19H20BrClN2O. The van der Waals surface area contributed by atoms with E-state index >= 15 is 0 Å². The molecule has 1 atom stereocenters. The highest BCUT2D eigenvalue weighted by Crippen LogP contribution is 2.25. The van der Waals surface area contributed by atoms with Gasteiger partial charge in [-0.2, -0.15) is 0 Å². The van der Waals surface area contributed by atoms with Crippen molar-refractivity contribution in [3.05, 3.63) is 63.6 Å². The molecule has 2 aromatic carbocycles. The molecule has 1 aliphatic rings. The summed E-state index contributed by atoms with van der Waals surface area (Å²) in [5.74, 6) is 0.0964. The molecule has 1 aliphatic heterocycles. The number of piperidine rings is 1. The van der Waals surface area contributed by atoms with E-state index in [-0.39, 0.29) is 11.8 Å². The van der Waals surface area contributed by atoms with E-state index in [0.717, 1.165) is 53.2 Å². The number of halogens is 2. The van der Waals surface area contributed by atoms with E-state index in [9.17, 15) is 4.79 Å². The van der Waals surface area contributed by atoms with E-state index in [1.165, 1.54) is 0 Å². The van der Waals surface area contributed by atoms with Gasteiger partial charge >= 0.3 is 0 Å². The molecular weight excluding hydrogens is 388 g/mol. The fourth-order valence-corrected chi connectivity index (χ4v) is 3.66. The van der Waals surface area contributed by atoms with Crippen LogP contribution in [0.3, 0.4) is 0 Å². The summed E-state index contributed by atoms with van der Waals surface area (Å²) in [6.07, 6.45) is 1.95. The summed E-state index contributed by atoms with van der Waals surface area (Å²) in [5, 5.41) is 3.83. The molecule has 0 unspecified atom stereocenters.